The Kier molecular flexibility index (Phi) is 35.3. The number of hydrogen-bond acceptors (Lipinski definition) is 9. The van der Waals surface area contributed by atoms with Crippen molar-refractivity contribution in [1.29, 1.82) is 0 Å². The zero-order valence-electron chi connectivity index (χ0n) is 44.7. The van der Waals surface area contributed by atoms with Gasteiger partial charge in [0, 0.05) is 12.5 Å². The molecule has 0 bridgehead atoms. The van der Waals surface area contributed by atoms with Crippen molar-refractivity contribution in [2.24, 2.45) is 40.6 Å². The minimum absolute atomic E-state index is 0.0877. The molecule has 4 unspecified atom stereocenters. The Morgan fingerprint density at radius 2 is 1.26 bits per heavy atom. The summed E-state index contributed by atoms with van der Waals surface area (Å²) in [4.78, 5) is 75.7. The van der Waals surface area contributed by atoms with Gasteiger partial charge in [0.1, 0.15) is 17.9 Å². The molecule has 4 amide bonds. The number of rotatable bonds is 20. The number of nitrogens with one attached hydrogen (secondary N) is 5. The van der Waals surface area contributed by atoms with Crippen molar-refractivity contribution in [3.63, 3.8) is 0 Å². The molecule has 0 heterocycles. The summed E-state index contributed by atoms with van der Waals surface area (Å²) in [6.45, 7) is 31.9. The van der Waals surface area contributed by atoms with Crippen LogP contribution in [-0.2, 0) is 28.8 Å². The molecule has 13 nitrogen and oxygen atoms in total. The molecule has 0 radical (unpaired) electrons. The molecule has 9 N–H and O–H groups in total. The van der Waals surface area contributed by atoms with Gasteiger partial charge in [0.25, 0.3) is 0 Å². The summed E-state index contributed by atoms with van der Waals surface area (Å²) in [5.41, 5.74) is 14.8. The van der Waals surface area contributed by atoms with Crippen molar-refractivity contribution in [3.05, 3.63) is 109 Å². The SMILES string of the molecule is C=CNCC.CC.CC(C)C.CCCN.CC[C@H](C)[C@H](NC(=O)C1(C)CC1C(=O)C(N)c1ccccc1)C(=O)NCC(=O)NC(CC(C)C)C(=O)NCC(C)=O.Cc1ccc(-c2ccccc2)cc1. The van der Waals surface area contributed by atoms with Crippen LogP contribution in [0, 0.1) is 36.0 Å². The Bertz CT molecular complexity index is 1900. The van der Waals surface area contributed by atoms with Gasteiger partial charge in [0.05, 0.1) is 24.5 Å². The highest BCUT2D eigenvalue weighted by Crippen LogP contribution is 2.54. The number of hydrogen-bond donors (Lipinski definition) is 7. The normalized spacial score (nSPS) is 15.7. The van der Waals surface area contributed by atoms with Gasteiger partial charge in [-0.25, -0.2) is 0 Å². The van der Waals surface area contributed by atoms with E-state index in [-0.39, 0.29) is 29.9 Å². The van der Waals surface area contributed by atoms with Crippen molar-refractivity contribution >= 4 is 35.2 Å². The fourth-order valence-electron chi connectivity index (χ4n) is 6.16. The molecule has 1 aliphatic rings. The summed E-state index contributed by atoms with van der Waals surface area (Å²) in [6, 6.07) is 25.4. The Hall–Kier alpha value is -5.66. The Labute approximate surface area is 416 Å². The van der Waals surface area contributed by atoms with E-state index in [9.17, 15) is 28.8 Å². The molecule has 386 valence electrons. The van der Waals surface area contributed by atoms with Crippen molar-refractivity contribution in [3.8, 4) is 11.1 Å². The van der Waals surface area contributed by atoms with E-state index in [2.05, 4.69) is 116 Å². The summed E-state index contributed by atoms with van der Waals surface area (Å²) >= 11 is 0. The second-order valence-electron chi connectivity index (χ2n) is 18.2. The fraction of sp³-hybridized carbons (Fsp3) is 0.536. The number of aryl methyl sites for hydroxylation is 1. The van der Waals surface area contributed by atoms with Gasteiger partial charge in [0.2, 0.25) is 23.6 Å². The lowest BCUT2D eigenvalue weighted by atomic mass is 9.93. The van der Waals surface area contributed by atoms with Crippen LogP contribution in [0.25, 0.3) is 11.1 Å². The van der Waals surface area contributed by atoms with E-state index in [0.717, 1.165) is 25.4 Å². The van der Waals surface area contributed by atoms with E-state index in [1.165, 1.54) is 23.6 Å². The first-order chi connectivity index (χ1) is 32.6. The van der Waals surface area contributed by atoms with Crippen LogP contribution in [0.15, 0.2) is 97.7 Å². The first-order valence-electron chi connectivity index (χ1n) is 24.8. The third-order valence-electron chi connectivity index (χ3n) is 10.4. The Morgan fingerprint density at radius 3 is 1.70 bits per heavy atom. The summed E-state index contributed by atoms with van der Waals surface area (Å²) in [5.74, 6) is -2.35. The molecular formula is C56H91N7O6. The molecule has 0 saturated heterocycles. The number of benzene rings is 3. The van der Waals surface area contributed by atoms with Gasteiger partial charge >= 0.3 is 0 Å². The van der Waals surface area contributed by atoms with Crippen LogP contribution in [-0.4, -0.2) is 73.5 Å². The number of nitrogens with two attached hydrogens (primary N) is 2. The highest BCUT2D eigenvalue weighted by atomic mass is 16.2. The summed E-state index contributed by atoms with van der Waals surface area (Å²) in [6.07, 6.45) is 4.04. The second kappa shape index (κ2) is 37.3. The van der Waals surface area contributed by atoms with Gasteiger partial charge in [-0.2, -0.15) is 0 Å². The maximum absolute atomic E-state index is 13.3. The zero-order chi connectivity index (χ0) is 53.1. The number of amides is 4. The lowest BCUT2D eigenvalue weighted by Gasteiger charge is -2.26. The molecule has 6 atom stereocenters. The quantitative estimate of drug-likeness (QED) is 0.0577. The number of ketones is 2. The van der Waals surface area contributed by atoms with Crippen LogP contribution in [0.5, 0.6) is 0 Å². The van der Waals surface area contributed by atoms with E-state index < -0.39 is 59.6 Å². The predicted molar refractivity (Wildman–Crippen MR) is 286 cm³/mol. The second-order valence-corrected chi connectivity index (χ2v) is 18.2. The van der Waals surface area contributed by atoms with E-state index in [1.54, 1.807) is 37.4 Å². The minimum Gasteiger partial charge on any atom is -0.392 e. The van der Waals surface area contributed by atoms with Gasteiger partial charge < -0.3 is 38.1 Å². The summed E-state index contributed by atoms with van der Waals surface area (Å²) in [7, 11) is 0. The lowest BCUT2D eigenvalue weighted by Crippen LogP contribution is -2.55. The molecule has 1 saturated carbocycles. The highest BCUT2D eigenvalue weighted by Gasteiger charge is 2.60. The summed E-state index contributed by atoms with van der Waals surface area (Å²) < 4.78 is 0. The van der Waals surface area contributed by atoms with E-state index in [4.69, 9.17) is 11.5 Å². The molecule has 0 aliphatic heterocycles. The molecule has 0 spiro atoms. The smallest absolute Gasteiger partial charge is 0.243 e. The van der Waals surface area contributed by atoms with Crippen LogP contribution in [0.2, 0.25) is 0 Å². The largest absolute Gasteiger partial charge is 0.392 e. The van der Waals surface area contributed by atoms with Gasteiger partial charge in [-0.3, -0.25) is 28.8 Å². The van der Waals surface area contributed by atoms with Gasteiger partial charge in [0.15, 0.2) is 5.78 Å². The van der Waals surface area contributed by atoms with E-state index >= 15 is 0 Å². The van der Waals surface area contributed by atoms with Crippen molar-refractivity contribution in [2.45, 2.75) is 141 Å². The fourth-order valence-corrected chi connectivity index (χ4v) is 6.16. The minimum atomic E-state index is -0.982. The Balaban J connectivity index is 0. The molecule has 3 aromatic carbocycles. The maximum Gasteiger partial charge on any atom is 0.243 e. The zero-order valence-corrected chi connectivity index (χ0v) is 44.7. The van der Waals surface area contributed by atoms with Gasteiger partial charge in [-0.05, 0) is 87.2 Å². The third-order valence-corrected chi connectivity index (χ3v) is 10.4. The molecule has 69 heavy (non-hydrogen) atoms. The number of carbonyl (C=O) groups is 6. The van der Waals surface area contributed by atoms with Crippen LogP contribution < -0.4 is 38.1 Å². The van der Waals surface area contributed by atoms with Crippen LogP contribution in [0.3, 0.4) is 0 Å². The average molecular weight is 958 g/mol. The highest BCUT2D eigenvalue weighted by molar-refractivity contribution is 6.00. The average Bonchev–Trinajstić information content (AvgIpc) is 4.04. The topological polar surface area (TPSA) is 215 Å². The number of carbonyl (C=O) groups excluding carboxylic acids is 6. The first kappa shape index (κ1) is 65.4. The van der Waals surface area contributed by atoms with Gasteiger partial charge in [-0.1, -0.05) is 180 Å². The van der Waals surface area contributed by atoms with E-state index in [1.807, 2.05) is 60.6 Å². The van der Waals surface area contributed by atoms with Crippen molar-refractivity contribution in [1.82, 2.24) is 26.6 Å². The van der Waals surface area contributed by atoms with Crippen molar-refractivity contribution in [2.75, 3.05) is 26.2 Å². The monoisotopic (exact) mass is 958 g/mol. The van der Waals surface area contributed by atoms with Crippen LogP contribution in [0.4, 0.5) is 0 Å². The van der Waals surface area contributed by atoms with Crippen LogP contribution >= 0.6 is 0 Å². The molecule has 13 heteroatoms. The van der Waals surface area contributed by atoms with E-state index in [0.29, 0.717) is 24.8 Å². The van der Waals surface area contributed by atoms with Crippen molar-refractivity contribution < 1.29 is 28.8 Å². The van der Waals surface area contributed by atoms with Crippen LogP contribution in [0.1, 0.15) is 133 Å². The molecule has 1 aliphatic carbocycles. The first-order valence-corrected chi connectivity index (χ1v) is 24.8. The lowest BCUT2D eigenvalue weighted by molar-refractivity contribution is -0.135. The molecular weight excluding hydrogens is 867 g/mol. The third kappa shape index (κ3) is 27.8. The predicted octanol–water partition coefficient (Wildman–Crippen LogP) is 8.61. The molecule has 1 fully saturated rings. The Morgan fingerprint density at radius 1 is 0.768 bits per heavy atom. The van der Waals surface area contributed by atoms with Gasteiger partial charge in [-0.15, -0.1) is 0 Å². The standard InChI is InChI=1S/C30H45N5O6.C13H12.C4H9N.C4H10.C3H9N.C2H6/c1-7-18(4)25(28(40)33-16-23(37)34-22(13-17(2)3)27(39)32-15-19(5)36)35-29(41)30(6)14-21(30)26(38)24(31)20-11-9-8-10-12-20;1-11-7-9-13(10-8-11)12-5-3-2-4-6-12;1-3-5-4-2;1-4(2)3;1-2-3-4;1-2/h8-12,17-18,21-22,24-25H,7,13-16,31H2,1-6H3,(H,32,39)(H,33,40)(H,34,37)(H,35,41);2-10H,1H3;3,5H,1,4H2,2H3;4H,1-3H3;2-4H2,1H3;1-2H3/t18-,21?,22?,24?,25-,30?;;;;;/m0...../s1. The molecule has 4 rings (SSSR count). The maximum atomic E-state index is 13.3. The molecule has 0 aromatic heterocycles. The number of Topliss-reactive ketones (excluding diaryl/α,β-unsaturated/α-hetero) is 2. The molecule has 3 aromatic rings. The summed E-state index contributed by atoms with van der Waals surface area (Å²) in [5, 5.41) is 13.3.